The number of fused-ring (bicyclic) bond motifs is 1. The molecule has 2 nitrogen and oxygen atoms in total. The molecule has 0 spiro atoms. The number of benzene rings is 1. The molecule has 1 aliphatic heterocycles. The molecule has 1 aromatic heterocycles. The lowest BCUT2D eigenvalue weighted by Crippen LogP contribution is -2.34. The van der Waals surface area contributed by atoms with Crippen molar-refractivity contribution in [1.82, 2.24) is 10.2 Å². The number of rotatable bonds is 5. The predicted molar refractivity (Wildman–Crippen MR) is 92.9 cm³/mol. The monoisotopic (exact) mass is 302 g/mol. The van der Waals surface area contributed by atoms with Crippen molar-refractivity contribution < 1.29 is 0 Å². The summed E-state index contributed by atoms with van der Waals surface area (Å²) in [7, 11) is 2.04. The van der Waals surface area contributed by atoms with Crippen molar-refractivity contribution in [2.24, 2.45) is 5.92 Å². The molecule has 0 aliphatic carbocycles. The molecule has 114 valence electrons. The van der Waals surface area contributed by atoms with Crippen LogP contribution in [0.1, 0.15) is 36.6 Å². The molecule has 1 aromatic carbocycles. The minimum atomic E-state index is 0.899. The highest BCUT2D eigenvalue weighted by Crippen LogP contribution is 2.33. The highest BCUT2D eigenvalue weighted by Gasteiger charge is 2.21. The highest BCUT2D eigenvalue weighted by atomic mass is 32.1. The molecule has 1 N–H and O–H groups in total. The third kappa shape index (κ3) is 3.31. The molecule has 1 unspecified atom stereocenters. The molecule has 3 heteroatoms. The van der Waals surface area contributed by atoms with E-state index in [1.807, 2.05) is 18.4 Å². The third-order valence-electron chi connectivity index (χ3n) is 4.68. The van der Waals surface area contributed by atoms with Crippen molar-refractivity contribution in [3.63, 3.8) is 0 Å². The van der Waals surface area contributed by atoms with E-state index >= 15 is 0 Å². The van der Waals surface area contributed by atoms with Crippen LogP contribution >= 0.6 is 11.3 Å². The molecule has 0 bridgehead atoms. The van der Waals surface area contributed by atoms with Gasteiger partial charge in [0, 0.05) is 29.2 Å². The Morgan fingerprint density at radius 3 is 3.00 bits per heavy atom. The van der Waals surface area contributed by atoms with Gasteiger partial charge in [-0.15, -0.1) is 11.3 Å². The fourth-order valence-corrected chi connectivity index (χ4v) is 4.71. The lowest BCUT2D eigenvalue weighted by Gasteiger charge is -2.32. The Hall–Kier alpha value is -0.900. The molecular formula is C18H26N2S. The van der Waals surface area contributed by atoms with E-state index < -0.39 is 0 Å². The Balaban J connectivity index is 1.86. The second-order valence-corrected chi connectivity index (χ2v) is 7.32. The molecule has 1 aliphatic rings. The molecule has 3 rings (SSSR count). The van der Waals surface area contributed by atoms with Crippen molar-refractivity contribution in [3.8, 4) is 0 Å². The maximum atomic E-state index is 3.33. The van der Waals surface area contributed by atoms with E-state index in [-0.39, 0.29) is 0 Å². The van der Waals surface area contributed by atoms with Crippen LogP contribution in [-0.2, 0) is 13.1 Å². The summed E-state index contributed by atoms with van der Waals surface area (Å²) in [6.07, 6.45) is 4.10. The first-order valence-electron chi connectivity index (χ1n) is 8.18. The molecule has 0 saturated carbocycles. The fraction of sp³-hybridized carbons (Fsp3) is 0.556. The van der Waals surface area contributed by atoms with Crippen LogP contribution in [0.15, 0.2) is 24.3 Å². The van der Waals surface area contributed by atoms with Gasteiger partial charge in [-0.05, 0) is 49.4 Å². The Labute approximate surface area is 132 Å². The lowest BCUT2D eigenvalue weighted by molar-refractivity contribution is 0.165. The maximum absolute atomic E-state index is 3.33. The van der Waals surface area contributed by atoms with E-state index in [0.717, 1.165) is 19.0 Å². The molecular weight excluding hydrogens is 276 g/mol. The number of nitrogens with one attached hydrogen (secondary N) is 1. The number of nitrogens with zero attached hydrogens (tertiary/aromatic N) is 1. The third-order valence-corrected chi connectivity index (χ3v) is 5.89. The van der Waals surface area contributed by atoms with E-state index in [4.69, 9.17) is 0 Å². The van der Waals surface area contributed by atoms with Gasteiger partial charge in [-0.1, -0.05) is 31.5 Å². The smallest absolute Gasteiger partial charge is 0.0349 e. The van der Waals surface area contributed by atoms with Crippen LogP contribution in [0.3, 0.4) is 0 Å². The first-order valence-corrected chi connectivity index (χ1v) is 8.99. The van der Waals surface area contributed by atoms with Gasteiger partial charge in [0.05, 0.1) is 0 Å². The van der Waals surface area contributed by atoms with E-state index in [0.29, 0.717) is 0 Å². The molecule has 0 radical (unpaired) electrons. The highest BCUT2D eigenvalue weighted by molar-refractivity contribution is 7.19. The summed E-state index contributed by atoms with van der Waals surface area (Å²) in [5.41, 5.74) is 1.56. The van der Waals surface area contributed by atoms with Crippen LogP contribution < -0.4 is 5.32 Å². The predicted octanol–water partition coefficient (Wildman–Crippen LogP) is 4.24. The zero-order chi connectivity index (χ0) is 14.7. The summed E-state index contributed by atoms with van der Waals surface area (Å²) in [5.74, 6) is 0.899. The molecule has 2 heterocycles. The molecule has 1 saturated heterocycles. The van der Waals surface area contributed by atoms with E-state index in [1.165, 1.54) is 47.3 Å². The van der Waals surface area contributed by atoms with E-state index in [9.17, 15) is 0 Å². The fourth-order valence-electron chi connectivity index (χ4n) is 3.48. The topological polar surface area (TPSA) is 15.3 Å². The van der Waals surface area contributed by atoms with Gasteiger partial charge in [-0.25, -0.2) is 0 Å². The van der Waals surface area contributed by atoms with Crippen molar-refractivity contribution in [2.45, 2.75) is 39.3 Å². The van der Waals surface area contributed by atoms with Crippen molar-refractivity contribution in [2.75, 3.05) is 20.1 Å². The van der Waals surface area contributed by atoms with Gasteiger partial charge in [0.2, 0.25) is 0 Å². The van der Waals surface area contributed by atoms with Crippen molar-refractivity contribution in [3.05, 3.63) is 34.7 Å². The van der Waals surface area contributed by atoms with Crippen molar-refractivity contribution >= 4 is 21.4 Å². The second-order valence-electron chi connectivity index (χ2n) is 6.18. The van der Waals surface area contributed by atoms with E-state index in [1.54, 1.807) is 5.56 Å². The first kappa shape index (κ1) is 15.0. The van der Waals surface area contributed by atoms with Gasteiger partial charge >= 0.3 is 0 Å². The SMILES string of the molecule is CCC1CCCN(Cc2c(CNC)sc3ccccc23)C1. The van der Waals surface area contributed by atoms with Crippen LogP contribution in [0.25, 0.3) is 10.1 Å². The standard InChI is InChI=1S/C18H26N2S/c1-3-14-7-6-10-20(12-14)13-16-15-8-4-5-9-17(15)21-18(16)11-19-2/h4-5,8-9,14,19H,3,6-7,10-13H2,1-2H3. The summed E-state index contributed by atoms with van der Waals surface area (Å²) in [4.78, 5) is 4.18. The minimum absolute atomic E-state index is 0.899. The first-order chi connectivity index (χ1) is 10.3. The average molecular weight is 302 g/mol. The number of hydrogen-bond donors (Lipinski definition) is 1. The molecule has 21 heavy (non-hydrogen) atoms. The number of likely N-dealkylation sites (tertiary alicyclic amines) is 1. The van der Waals surface area contributed by atoms with Gasteiger partial charge in [-0.2, -0.15) is 0 Å². The zero-order valence-corrected chi connectivity index (χ0v) is 14.0. The van der Waals surface area contributed by atoms with Crippen LogP contribution in [-0.4, -0.2) is 25.0 Å². The van der Waals surface area contributed by atoms with Gasteiger partial charge in [0.1, 0.15) is 0 Å². The number of thiophene rings is 1. The summed E-state index contributed by atoms with van der Waals surface area (Å²) in [5, 5.41) is 4.80. The molecule has 2 aromatic rings. The summed E-state index contributed by atoms with van der Waals surface area (Å²) >= 11 is 1.95. The quantitative estimate of drug-likeness (QED) is 0.888. The maximum Gasteiger partial charge on any atom is 0.0349 e. The van der Waals surface area contributed by atoms with Crippen LogP contribution in [0.5, 0.6) is 0 Å². The van der Waals surface area contributed by atoms with Crippen LogP contribution in [0.4, 0.5) is 0 Å². The summed E-state index contributed by atoms with van der Waals surface area (Å²) in [6.45, 7) is 6.98. The normalized spacial score (nSPS) is 20.2. The number of piperidine rings is 1. The Bertz CT molecular complexity index is 590. The van der Waals surface area contributed by atoms with Crippen molar-refractivity contribution in [1.29, 1.82) is 0 Å². The van der Waals surface area contributed by atoms with Crippen LogP contribution in [0, 0.1) is 5.92 Å². The number of hydrogen-bond acceptors (Lipinski definition) is 3. The largest absolute Gasteiger partial charge is 0.315 e. The summed E-state index contributed by atoms with van der Waals surface area (Å²) in [6, 6.07) is 8.88. The van der Waals surface area contributed by atoms with Gasteiger partial charge < -0.3 is 5.32 Å². The summed E-state index contributed by atoms with van der Waals surface area (Å²) < 4.78 is 1.43. The molecule has 1 fully saturated rings. The van der Waals surface area contributed by atoms with Crippen LogP contribution in [0.2, 0.25) is 0 Å². The Morgan fingerprint density at radius 1 is 1.33 bits per heavy atom. The van der Waals surface area contributed by atoms with Gasteiger partial charge in [0.15, 0.2) is 0 Å². The lowest BCUT2D eigenvalue weighted by atomic mass is 9.95. The molecule has 1 atom stereocenters. The van der Waals surface area contributed by atoms with E-state index in [2.05, 4.69) is 41.4 Å². The van der Waals surface area contributed by atoms with Gasteiger partial charge in [-0.3, -0.25) is 4.90 Å². The Kier molecular flexibility index (Phi) is 4.94. The zero-order valence-electron chi connectivity index (χ0n) is 13.2. The second kappa shape index (κ2) is 6.91. The molecule has 0 amide bonds. The Morgan fingerprint density at radius 2 is 2.19 bits per heavy atom. The average Bonchev–Trinajstić information content (AvgIpc) is 2.86. The van der Waals surface area contributed by atoms with Gasteiger partial charge in [0.25, 0.3) is 0 Å². The minimum Gasteiger partial charge on any atom is -0.315 e.